The average molecular weight is 134 g/mol. The van der Waals surface area contributed by atoms with Gasteiger partial charge in [-0.15, -0.1) is 0 Å². The first kappa shape index (κ1) is 7.82. The zero-order chi connectivity index (χ0) is 6.41. The zero-order valence-corrected chi connectivity index (χ0v) is 5.96. The molecule has 0 aliphatic heterocycles. The second-order valence-electron chi connectivity index (χ2n) is 1.37. The van der Waals surface area contributed by atoms with E-state index in [1.165, 1.54) is 0 Å². The van der Waals surface area contributed by atoms with E-state index in [4.69, 9.17) is 0 Å². The minimum Gasteiger partial charge on any atom is -0.392 e. The van der Waals surface area contributed by atoms with E-state index in [-0.39, 0.29) is 5.97 Å². The summed E-state index contributed by atoms with van der Waals surface area (Å²) in [6.45, 7) is 1.95. The minimum absolute atomic E-state index is 0.125. The summed E-state index contributed by atoms with van der Waals surface area (Å²) >= 11 is 1.10. The molecule has 0 fully saturated rings. The molecule has 0 amide bonds. The third-order valence-electron chi connectivity index (χ3n) is 0.630. The van der Waals surface area contributed by atoms with E-state index in [1.54, 1.807) is 6.26 Å². The van der Waals surface area contributed by atoms with Crippen molar-refractivity contribution in [2.75, 3.05) is 6.26 Å². The third-order valence-corrected chi connectivity index (χ3v) is 0.983. The summed E-state index contributed by atoms with van der Waals surface area (Å²) in [6.07, 6.45) is 3.12. The molecule has 0 saturated heterocycles. The predicted octanol–water partition coefficient (Wildman–Crippen LogP) is 1.61. The SMILES string of the molecule is CCCC(=O)OSC. The zero-order valence-electron chi connectivity index (χ0n) is 5.14. The third kappa shape index (κ3) is 3.99. The molecule has 8 heavy (non-hydrogen) atoms. The van der Waals surface area contributed by atoms with Gasteiger partial charge >= 0.3 is 5.97 Å². The number of carbonyl (C=O) groups is 1. The number of hydrogen-bond acceptors (Lipinski definition) is 3. The Labute approximate surface area is 53.8 Å². The van der Waals surface area contributed by atoms with Gasteiger partial charge in [0.2, 0.25) is 0 Å². The second kappa shape index (κ2) is 4.97. The molecule has 0 aromatic carbocycles. The van der Waals surface area contributed by atoms with Crippen molar-refractivity contribution < 1.29 is 8.98 Å². The number of hydrogen-bond donors (Lipinski definition) is 0. The first-order valence-corrected chi connectivity index (χ1v) is 3.69. The van der Waals surface area contributed by atoms with Crippen molar-refractivity contribution in [3.05, 3.63) is 0 Å². The molecule has 0 saturated carbocycles. The smallest absolute Gasteiger partial charge is 0.317 e. The molecule has 0 heterocycles. The Kier molecular flexibility index (Phi) is 4.85. The predicted molar refractivity (Wildman–Crippen MR) is 34.5 cm³/mol. The maximum Gasteiger partial charge on any atom is 0.317 e. The highest BCUT2D eigenvalue weighted by molar-refractivity contribution is 7.94. The van der Waals surface area contributed by atoms with Crippen LogP contribution >= 0.6 is 12.0 Å². The lowest BCUT2D eigenvalue weighted by molar-refractivity contribution is -0.133. The molecule has 3 heteroatoms. The van der Waals surface area contributed by atoms with E-state index < -0.39 is 0 Å². The molecule has 0 aromatic heterocycles. The van der Waals surface area contributed by atoms with Gasteiger partial charge in [-0.1, -0.05) is 6.92 Å². The lowest BCUT2D eigenvalue weighted by Gasteiger charge is -1.93. The Bertz CT molecular complexity index is 64.8. The average Bonchev–Trinajstić information content (AvgIpc) is 1.68. The molecule has 0 atom stereocenters. The summed E-state index contributed by atoms with van der Waals surface area (Å²) in [5.74, 6) is -0.125. The molecule has 48 valence electrons. The molecule has 0 aromatic rings. The van der Waals surface area contributed by atoms with Gasteiger partial charge in [-0.2, -0.15) is 0 Å². The van der Waals surface area contributed by atoms with E-state index in [9.17, 15) is 4.79 Å². The summed E-state index contributed by atoms with van der Waals surface area (Å²) in [5, 5.41) is 0. The highest BCUT2D eigenvalue weighted by atomic mass is 32.2. The van der Waals surface area contributed by atoms with Crippen LogP contribution in [0.5, 0.6) is 0 Å². The van der Waals surface area contributed by atoms with Gasteiger partial charge in [0, 0.05) is 12.7 Å². The van der Waals surface area contributed by atoms with Crippen LogP contribution in [0.2, 0.25) is 0 Å². The van der Waals surface area contributed by atoms with E-state index in [0.717, 1.165) is 18.5 Å². The molecule has 2 nitrogen and oxygen atoms in total. The molecule has 0 N–H and O–H groups in total. The highest BCUT2D eigenvalue weighted by Gasteiger charge is 1.96. The van der Waals surface area contributed by atoms with Crippen LogP contribution in [0.25, 0.3) is 0 Å². The topological polar surface area (TPSA) is 26.3 Å². The van der Waals surface area contributed by atoms with Crippen molar-refractivity contribution in [2.24, 2.45) is 0 Å². The summed E-state index contributed by atoms with van der Waals surface area (Å²) in [6, 6.07) is 0. The molecular formula is C5H10O2S. The first-order valence-electron chi connectivity index (χ1n) is 2.54. The summed E-state index contributed by atoms with van der Waals surface area (Å²) < 4.78 is 4.56. The van der Waals surface area contributed by atoms with Gasteiger partial charge in [-0.25, -0.2) is 0 Å². The molecule has 0 aliphatic rings. The van der Waals surface area contributed by atoms with E-state index >= 15 is 0 Å². The van der Waals surface area contributed by atoms with Crippen molar-refractivity contribution >= 4 is 18.0 Å². The Hall–Kier alpha value is -0.180. The monoisotopic (exact) mass is 134 g/mol. The number of rotatable bonds is 3. The van der Waals surface area contributed by atoms with Crippen LogP contribution in [-0.2, 0) is 8.98 Å². The van der Waals surface area contributed by atoms with Crippen LogP contribution in [0.15, 0.2) is 0 Å². The quantitative estimate of drug-likeness (QED) is 0.548. The molecule has 0 rings (SSSR count). The molecule has 0 spiro atoms. The summed E-state index contributed by atoms with van der Waals surface area (Å²) in [7, 11) is 0. The lowest BCUT2D eigenvalue weighted by atomic mass is 10.4. The van der Waals surface area contributed by atoms with Crippen LogP contribution in [-0.4, -0.2) is 12.2 Å². The molecule has 0 bridgehead atoms. The Balaban J connectivity index is 3.06. The Morgan fingerprint density at radius 3 is 2.75 bits per heavy atom. The molecule has 0 aliphatic carbocycles. The summed E-state index contributed by atoms with van der Waals surface area (Å²) in [5.41, 5.74) is 0. The van der Waals surface area contributed by atoms with Gasteiger partial charge in [-0.05, 0) is 6.42 Å². The van der Waals surface area contributed by atoms with E-state index in [1.807, 2.05) is 6.92 Å². The fourth-order valence-corrected chi connectivity index (χ4v) is 0.608. The van der Waals surface area contributed by atoms with Crippen molar-refractivity contribution in [3.8, 4) is 0 Å². The van der Waals surface area contributed by atoms with Crippen LogP contribution < -0.4 is 0 Å². The lowest BCUT2D eigenvalue weighted by Crippen LogP contribution is -1.95. The maximum atomic E-state index is 10.4. The van der Waals surface area contributed by atoms with Gasteiger partial charge < -0.3 is 4.18 Å². The van der Waals surface area contributed by atoms with Gasteiger partial charge in [0.25, 0.3) is 0 Å². The van der Waals surface area contributed by atoms with E-state index in [2.05, 4.69) is 4.18 Å². The molecular weight excluding hydrogens is 124 g/mol. The van der Waals surface area contributed by atoms with Crippen LogP contribution in [0.1, 0.15) is 19.8 Å². The fraction of sp³-hybridized carbons (Fsp3) is 0.800. The summed E-state index contributed by atoms with van der Waals surface area (Å²) in [4.78, 5) is 10.4. The van der Waals surface area contributed by atoms with Crippen LogP contribution in [0, 0.1) is 0 Å². The molecule has 0 unspecified atom stereocenters. The van der Waals surface area contributed by atoms with Gasteiger partial charge in [0.1, 0.15) is 0 Å². The highest BCUT2D eigenvalue weighted by Crippen LogP contribution is 1.99. The van der Waals surface area contributed by atoms with Crippen LogP contribution in [0.3, 0.4) is 0 Å². The van der Waals surface area contributed by atoms with Gasteiger partial charge in [0.15, 0.2) is 0 Å². The Morgan fingerprint density at radius 1 is 1.75 bits per heavy atom. The van der Waals surface area contributed by atoms with Crippen molar-refractivity contribution in [3.63, 3.8) is 0 Å². The number of carbonyl (C=O) groups excluding carboxylic acids is 1. The second-order valence-corrected chi connectivity index (χ2v) is 1.87. The normalized spacial score (nSPS) is 8.75. The van der Waals surface area contributed by atoms with Crippen molar-refractivity contribution in [1.29, 1.82) is 0 Å². The van der Waals surface area contributed by atoms with Crippen LogP contribution in [0.4, 0.5) is 0 Å². The first-order chi connectivity index (χ1) is 3.81. The van der Waals surface area contributed by atoms with Gasteiger partial charge in [-0.3, -0.25) is 4.79 Å². The minimum atomic E-state index is -0.125. The molecule has 0 radical (unpaired) electrons. The largest absolute Gasteiger partial charge is 0.392 e. The van der Waals surface area contributed by atoms with Gasteiger partial charge in [0.05, 0.1) is 12.0 Å². The Morgan fingerprint density at radius 2 is 2.38 bits per heavy atom. The maximum absolute atomic E-state index is 10.4. The fourth-order valence-electron chi connectivity index (χ4n) is 0.339. The van der Waals surface area contributed by atoms with Crippen molar-refractivity contribution in [2.45, 2.75) is 19.8 Å². The van der Waals surface area contributed by atoms with Crippen molar-refractivity contribution in [1.82, 2.24) is 0 Å². The van der Waals surface area contributed by atoms with E-state index in [0.29, 0.717) is 6.42 Å². The standard InChI is InChI=1S/C5H10O2S/c1-3-4-5(6)7-8-2/h3-4H2,1-2H3.